The van der Waals surface area contributed by atoms with E-state index in [2.05, 4.69) is 9.40 Å². The predicted octanol–water partition coefficient (Wildman–Crippen LogP) is 2.98. The lowest BCUT2D eigenvalue weighted by Crippen LogP contribution is -2.11. The van der Waals surface area contributed by atoms with Gasteiger partial charge in [-0.05, 0) is 5.56 Å². The highest BCUT2D eigenvalue weighted by atomic mass is 19.4. The van der Waals surface area contributed by atoms with Crippen LogP contribution in [0.4, 0.5) is 13.2 Å². The van der Waals surface area contributed by atoms with Crippen LogP contribution in [-0.2, 0) is 12.6 Å². The Bertz CT molecular complexity index is 590. The number of halogens is 3. The first-order valence-electron chi connectivity index (χ1n) is 5.22. The summed E-state index contributed by atoms with van der Waals surface area (Å²) in [6, 6.07) is 8.53. The highest BCUT2D eigenvalue weighted by Crippen LogP contribution is 2.32. The molecule has 0 bridgehead atoms. The van der Waals surface area contributed by atoms with Crippen LogP contribution in [0.5, 0.6) is 0 Å². The zero-order chi connectivity index (χ0) is 14.0. The van der Waals surface area contributed by atoms with Crippen LogP contribution in [0.15, 0.2) is 34.7 Å². The van der Waals surface area contributed by atoms with Gasteiger partial charge in [0.2, 0.25) is 5.76 Å². The normalized spacial score (nSPS) is 11.5. The van der Waals surface area contributed by atoms with E-state index in [1.165, 1.54) is 0 Å². The number of benzene rings is 1. The van der Waals surface area contributed by atoms with Gasteiger partial charge >= 0.3 is 12.1 Å². The Morgan fingerprint density at radius 3 is 2.37 bits per heavy atom. The molecule has 0 atom stereocenters. The molecule has 4 nitrogen and oxygen atoms in total. The topological polar surface area (TPSA) is 63.3 Å². The summed E-state index contributed by atoms with van der Waals surface area (Å²) >= 11 is 0. The van der Waals surface area contributed by atoms with Gasteiger partial charge < -0.3 is 9.52 Å². The van der Waals surface area contributed by atoms with Crippen molar-refractivity contribution in [2.75, 3.05) is 0 Å². The Morgan fingerprint density at radius 2 is 1.89 bits per heavy atom. The van der Waals surface area contributed by atoms with Crippen molar-refractivity contribution in [2.45, 2.75) is 12.6 Å². The molecule has 2 rings (SSSR count). The molecule has 1 N–H and O–H groups in total. The van der Waals surface area contributed by atoms with E-state index in [0.717, 1.165) is 0 Å². The smallest absolute Gasteiger partial charge is 0.437 e. The standard InChI is InChI=1S/C12H8F3NO3/c13-12(14,15)10-9(11(17)18)19-8(16-10)6-7-4-2-1-3-5-7/h1-5H,6H2,(H,17,18). The van der Waals surface area contributed by atoms with Crippen molar-refractivity contribution in [3.05, 3.63) is 53.2 Å². The summed E-state index contributed by atoms with van der Waals surface area (Å²) in [5.41, 5.74) is -0.833. The van der Waals surface area contributed by atoms with Crippen LogP contribution in [-0.4, -0.2) is 16.1 Å². The fraction of sp³-hybridized carbons (Fsp3) is 0.167. The van der Waals surface area contributed by atoms with E-state index in [4.69, 9.17) is 5.11 Å². The first-order chi connectivity index (χ1) is 8.88. The Kier molecular flexibility index (Phi) is 3.28. The number of hydrogen-bond donors (Lipinski definition) is 1. The molecule has 0 amide bonds. The van der Waals surface area contributed by atoms with Crippen LogP contribution < -0.4 is 0 Å². The van der Waals surface area contributed by atoms with Gasteiger partial charge in [-0.1, -0.05) is 30.3 Å². The number of aromatic nitrogens is 1. The van der Waals surface area contributed by atoms with Crippen molar-refractivity contribution >= 4 is 5.97 Å². The second-order valence-corrected chi connectivity index (χ2v) is 3.75. The summed E-state index contributed by atoms with van der Waals surface area (Å²) in [6.45, 7) is 0. The molecular weight excluding hydrogens is 263 g/mol. The van der Waals surface area contributed by atoms with Crippen LogP contribution in [0.3, 0.4) is 0 Å². The van der Waals surface area contributed by atoms with Gasteiger partial charge in [-0.3, -0.25) is 0 Å². The number of carboxylic acids is 1. The highest BCUT2D eigenvalue weighted by Gasteiger charge is 2.41. The summed E-state index contributed by atoms with van der Waals surface area (Å²) in [6.07, 6.45) is -4.86. The van der Waals surface area contributed by atoms with Gasteiger partial charge in [0.1, 0.15) is 0 Å². The number of carbonyl (C=O) groups is 1. The van der Waals surface area contributed by atoms with Crippen molar-refractivity contribution in [2.24, 2.45) is 0 Å². The molecule has 0 unspecified atom stereocenters. The fourth-order valence-corrected chi connectivity index (χ4v) is 1.55. The number of hydrogen-bond acceptors (Lipinski definition) is 3. The van der Waals surface area contributed by atoms with E-state index in [9.17, 15) is 18.0 Å². The zero-order valence-electron chi connectivity index (χ0n) is 9.44. The first kappa shape index (κ1) is 13.1. The van der Waals surface area contributed by atoms with Gasteiger partial charge in [0.05, 0.1) is 0 Å². The molecule has 0 aliphatic rings. The number of alkyl halides is 3. The third-order valence-electron chi connectivity index (χ3n) is 2.33. The molecule has 1 heterocycles. The van der Waals surface area contributed by atoms with E-state index in [-0.39, 0.29) is 12.3 Å². The molecule has 19 heavy (non-hydrogen) atoms. The molecule has 0 fully saturated rings. The summed E-state index contributed by atoms with van der Waals surface area (Å²) < 4.78 is 42.4. The maximum Gasteiger partial charge on any atom is 0.437 e. The third kappa shape index (κ3) is 2.93. The SMILES string of the molecule is O=C(O)c1oc(Cc2ccccc2)nc1C(F)(F)F. The Labute approximate surface area is 105 Å². The molecule has 0 aliphatic heterocycles. The minimum Gasteiger partial charge on any atom is -0.475 e. The molecule has 7 heteroatoms. The molecule has 0 radical (unpaired) electrons. The van der Waals surface area contributed by atoms with E-state index in [0.29, 0.717) is 5.56 Å². The summed E-state index contributed by atoms with van der Waals surface area (Å²) in [5.74, 6) is -3.26. The molecule has 2 aromatic rings. The molecule has 100 valence electrons. The Hall–Kier alpha value is -2.31. The van der Waals surface area contributed by atoms with Crippen LogP contribution in [0.25, 0.3) is 0 Å². The van der Waals surface area contributed by atoms with Crippen molar-refractivity contribution in [3.8, 4) is 0 Å². The average Bonchev–Trinajstić information content (AvgIpc) is 2.74. The Morgan fingerprint density at radius 1 is 1.26 bits per heavy atom. The van der Waals surface area contributed by atoms with Gasteiger partial charge in [-0.15, -0.1) is 0 Å². The van der Waals surface area contributed by atoms with Crippen molar-refractivity contribution in [1.29, 1.82) is 0 Å². The maximum absolute atomic E-state index is 12.6. The van der Waals surface area contributed by atoms with Crippen molar-refractivity contribution in [3.63, 3.8) is 0 Å². The van der Waals surface area contributed by atoms with Crippen LogP contribution in [0.1, 0.15) is 27.7 Å². The van der Waals surface area contributed by atoms with Crippen LogP contribution >= 0.6 is 0 Å². The predicted molar refractivity (Wildman–Crippen MR) is 57.7 cm³/mol. The maximum atomic E-state index is 12.6. The second-order valence-electron chi connectivity index (χ2n) is 3.75. The van der Waals surface area contributed by atoms with E-state index >= 15 is 0 Å². The monoisotopic (exact) mass is 271 g/mol. The quantitative estimate of drug-likeness (QED) is 0.932. The molecule has 1 aromatic carbocycles. The lowest BCUT2D eigenvalue weighted by Gasteiger charge is -2.00. The van der Waals surface area contributed by atoms with Crippen molar-refractivity contribution < 1.29 is 27.5 Å². The molecule has 0 saturated heterocycles. The molecule has 0 aliphatic carbocycles. The van der Waals surface area contributed by atoms with Gasteiger partial charge in [0, 0.05) is 6.42 Å². The number of oxazole rings is 1. The fourth-order valence-electron chi connectivity index (χ4n) is 1.55. The van der Waals surface area contributed by atoms with Gasteiger partial charge in [0.25, 0.3) is 0 Å². The number of carboxylic acid groups (broad SMARTS) is 1. The van der Waals surface area contributed by atoms with Crippen LogP contribution in [0.2, 0.25) is 0 Å². The summed E-state index contributed by atoms with van der Waals surface area (Å²) in [5, 5.41) is 8.67. The second kappa shape index (κ2) is 4.75. The average molecular weight is 271 g/mol. The van der Waals surface area contributed by atoms with E-state index in [1.54, 1.807) is 30.3 Å². The highest BCUT2D eigenvalue weighted by molar-refractivity contribution is 5.85. The van der Waals surface area contributed by atoms with Gasteiger partial charge in [0.15, 0.2) is 11.6 Å². The zero-order valence-corrected chi connectivity index (χ0v) is 9.44. The Balaban J connectivity index is 2.36. The van der Waals surface area contributed by atoms with E-state index < -0.39 is 23.6 Å². The largest absolute Gasteiger partial charge is 0.475 e. The molecule has 0 saturated carbocycles. The summed E-state index contributed by atoms with van der Waals surface area (Å²) in [7, 11) is 0. The van der Waals surface area contributed by atoms with Gasteiger partial charge in [-0.2, -0.15) is 13.2 Å². The molecule has 0 spiro atoms. The van der Waals surface area contributed by atoms with Crippen molar-refractivity contribution in [1.82, 2.24) is 4.98 Å². The van der Waals surface area contributed by atoms with E-state index in [1.807, 2.05) is 0 Å². The molecule has 1 aromatic heterocycles. The van der Waals surface area contributed by atoms with Crippen LogP contribution in [0, 0.1) is 0 Å². The van der Waals surface area contributed by atoms with Gasteiger partial charge in [-0.25, -0.2) is 9.78 Å². The molecular formula is C12H8F3NO3. The third-order valence-corrected chi connectivity index (χ3v) is 2.33. The minimum atomic E-state index is -4.85. The number of aromatic carboxylic acids is 1. The number of nitrogens with zero attached hydrogens (tertiary/aromatic N) is 1. The first-order valence-corrected chi connectivity index (χ1v) is 5.22. The number of rotatable bonds is 3. The lowest BCUT2D eigenvalue weighted by atomic mass is 10.1. The minimum absolute atomic E-state index is 0.00278. The summed E-state index contributed by atoms with van der Waals surface area (Å²) in [4.78, 5) is 13.9. The lowest BCUT2D eigenvalue weighted by molar-refractivity contribution is -0.141.